The molecule has 0 aliphatic heterocycles. The fourth-order valence-corrected chi connectivity index (χ4v) is 3.35. The fraction of sp³-hybridized carbons (Fsp3) is 1.00. The van der Waals surface area contributed by atoms with Crippen LogP contribution in [0.15, 0.2) is 0 Å². The molecule has 1 aliphatic rings. The summed E-state index contributed by atoms with van der Waals surface area (Å²) >= 11 is 0. The minimum Gasteiger partial charge on any atom is -0.396 e. The molecular formula is C11H23NO3S. The molecule has 0 amide bonds. The molecule has 1 rings (SSSR count). The molecule has 0 saturated heterocycles. The molecule has 0 aromatic rings. The lowest BCUT2D eigenvalue weighted by Gasteiger charge is -2.10. The molecule has 0 unspecified atom stereocenters. The Morgan fingerprint density at radius 3 is 2.50 bits per heavy atom. The third-order valence-electron chi connectivity index (χ3n) is 3.17. The van der Waals surface area contributed by atoms with Gasteiger partial charge in [-0.15, -0.1) is 0 Å². The summed E-state index contributed by atoms with van der Waals surface area (Å²) in [6.45, 7) is 0.643. The molecule has 0 bridgehead atoms. The average Bonchev–Trinajstić information content (AvgIpc) is 2.70. The highest BCUT2D eigenvalue weighted by molar-refractivity contribution is 7.89. The lowest BCUT2D eigenvalue weighted by molar-refractivity contribution is 0.287. The van der Waals surface area contributed by atoms with Crippen molar-refractivity contribution in [3.05, 3.63) is 0 Å². The van der Waals surface area contributed by atoms with Crippen LogP contribution in [0.2, 0.25) is 0 Å². The quantitative estimate of drug-likeness (QED) is 0.636. The van der Waals surface area contributed by atoms with Crippen LogP contribution in [0.3, 0.4) is 0 Å². The van der Waals surface area contributed by atoms with Crippen molar-refractivity contribution in [2.24, 2.45) is 5.92 Å². The van der Waals surface area contributed by atoms with Gasteiger partial charge in [0.25, 0.3) is 0 Å². The second kappa shape index (κ2) is 7.25. The van der Waals surface area contributed by atoms with Gasteiger partial charge >= 0.3 is 0 Å². The minimum absolute atomic E-state index is 0.0671. The Labute approximate surface area is 98.5 Å². The van der Waals surface area contributed by atoms with Gasteiger partial charge in [0.2, 0.25) is 10.0 Å². The van der Waals surface area contributed by atoms with Crippen molar-refractivity contribution in [1.82, 2.24) is 4.72 Å². The van der Waals surface area contributed by atoms with Crippen LogP contribution in [0.5, 0.6) is 0 Å². The summed E-state index contributed by atoms with van der Waals surface area (Å²) in [5.41, 5.74) is 0. The van der Waals surface area contributed by atoms with E-state index < -0.39 is 10.0 Å². The maximum atomic E-state index is 11.5. The minimum atomic E-state index is -3.11. The van der Waals surface area contributed by atoms with Gasteiger partial charge < -0.3 is 5.11 Å². The third kappa shape index (κ3) is 5.82. The Morgan fingerprint density at radius 2 is 1.88 bits per heavy atom. The SMILES string of the molecule is O=S(=O)(CCCCO)NCCC1CCCC1. The van der Waals surface area contributed by atoms with Crippen LogP contribution < -0.4 is 4.72 Å². The van der Waals surface area contributed by atoms with Gasteiger partial charge in [-0.2, -0.15) is 0 Å². The second-order valence-corrected chi connectivity index (χ2v) is 6.51. The van der Waals surface area contributed by atoms with Gasteiger partial charge in [0, 0.05) is 13.2 Å². The number of rotatable bonds is 8. The molecule has 5 heteroatoms. The van der Waals surface area contributed by atoms with Gasteiger partial charge in [0.15, 0.2) is 0 Å². The standard InChI is InChI=1S/C11H23NO3S/c13-9-3-4-10-16(14,15)12-8-7-11-5-1-2-6-11/h11-13H,1-10H2. The molecule has 1 saturated carbocycles. The van der Waals surface area contributed by atoms with E-state index in [0.29, 0.717) is 19.4 Å². The summed E-state index contributed by atoms with van der Waals surface area (Å²) in [7, 11) is -3.11. The first-order valence-corrected chi connectivity index (χ1v) is 7.87. The number of aliphatic hydroxyl groups is 1. The average molecular weight is 249 g/mol. The normalized spacial score (nSPS) is 18.1. The van der Waals surface area contributed by atoms with Crippen molar-refractivity contribution in [1.29, 1.82) is 0 Å². The molecule has 0 atom stereocenters. The lowest BCUT2D eigenvalue weighted by atomic mass is 10.1. The number of hydrogen-bond acceptors (Lipinski definition) is 3. The zero-order valence-corrected chi connectivity index (χ0v) is 10.6. The first kappa shape index (κ1) is 13.9. The zero-order valence-electron chi connectivity index (χ0n) is 9.82. The number of unbranched alkanes of at least 4 members (excludes halogenated alkanes) is 1. The molecule has 4 nitrogen and oxygen atoms in total. The Kier molecular flexibility index (Phi) is 6.31. The Morgan fingerprint density at radius 1 is 1.19 bits per heavy atom. The predicted molar refractivity (Wildman–Crippen MR) is 64.7 cm³/mol. The molecule has 96 valence electrons. The Bertz CT molecular complexity index is 271. The first-order chi connectivity index (χ1) is 7.64. The molecule has 1 fully saturated rings. The summed E-state index contributed by atoms with van der Waals surface area (Å²) in [6.07, 6.45) is 7.18. The van der Waals surface area contributed by atoms with E-state index in [0.717, 1.165) is 12.3 Å². The second-order valence-electron chi connectivity index (χ2n) is 4.58. The fourth-order valence-electron chi connectivity index (χ4n) is 2.19. The summed E-state index contributed by atoms with van der Waals surface area (Å²) in [5.74, 6) is 0.859. The topological polar surface area (TPSA) is 66.4 Å². The van der Waals surface area contributed by atoms with Gasteiger partial charge in [0.1, 0.15) is 0 Å². The first-order valence-electron chi connectivity index (χ1n) is 6.22. The van der Waals surface area contributed by atoms with Gasteiger partial charge in [-0.1, -0.05) is 25.7 Å². The van der Waals surface area contributed by atoms with Crippen molar-refractivity contribution < 1.29 is 13.5 Å². The Hall–Kier alpha value is -0.130. The van der Waals surface area contributed by atoms with Gasteiger partial charge in [-0.05, 0) is 25.2 Å². The Balaban J connectivity index is 2.09. The van der Waals surface area contributed by atoms with E-state index in [-0.39, 0.29) is 12.4 Å². The molecule has 16 heavy (non-hydrogen) atoms. The van der Waals surface area contributed by atoms with E-state index in [1.165, 1.54) is 25.7 Å². The van der Waals surface area contributed by atoms with Crippen LogP contribution in [0, 0.1) is 5.92 Å². The summed E-state index contributed by atoms with van der Waals surface area (Å²) in [5, 5.41) is 8.57. The number of hydrogen-bond donors (Lipinski definition) is 2. The van der Waals surface area contributed by atoms with Gasteiger partial charge in [0.05, 0.1) is 5.75 Å². The molecule has 0 aromatic heterocycles. The van der Waals surface area contributed by atoms with Gasteiger partial charge in [-0.25, -0.2) is 13.1 Å². The van der Waals surface area contributed by atoms with Crippen LogP contribution in [-0.4, -0.2) is 32.4 Å². The highest BCUT2D eigenvalue weighted by Gasteiger charge is 2.16. The monoisotopic (exact) mass is 249 g/mol. The lowest BCUT2D eigenvalue weighted by Crippen LogP contribution is -2.28. The molecular weight excluding hydrogens is 226 g/mol. The smallest absolute Gasteiger partial charge is 0.211 e. The molecule has 0 aromatic carbocycles. The molecule has 1 aliphatic carbocycles. The van der Waals surface area contributed by atoms with Crippen molar-refractivity contribution in [3.63, 3.8) is 0 Å². The van der Waals surface area contributed by atoms with E-state index in [2.05, 4.69) is 4.72 Å². The number of sulfonamides is 1. The van der Waals surface area contributed by atoms with E-state index in [4.69, 9.17) is 5.11 Å². The molecule has 0 radical (unpaired) electrons. The summed E-state index contributed by atoms with van der Waals surface area (Å²) in [4.78, 5) is 0. The molecule has 0 spiro atoms. The van der Waals surface area contributed by atoms with Crippen LogP contribution in [0.4, 0.5) is 0 Å². The van der Waals surface area contributed by atoms with E-state index in [1.54, 1.807) is 0 Å². The highest BCUT2D eigenvalue weighted by Crippen LogP contribution is 2.26. The summed E-state index contributed by atoms with van der Waals surface area (Å²) < 4.78 is 25.6. The summed E-state index contributed by atoms with van der Waals surface area (Å²) in [6, 6.07) is 0. The van der Waals surface area contributed by atoms with Crippen LogP contribution >= 0.6 is 0 Å². The van der Waals surface area contributed by atoms with Crippen LogP contribution in [-0.2, 0) is 10.0 Å². The maximum Gasteiger partial charge on any atom is 0.211 e. The molecule has 0 heterocycles. The number of nitrogens with one attached hydrogen (secondary N) is 1. The van der Waals surface area contributed by atoms with Gasteiger partial charge in [-0.3, -0.25) is 0 Å². The van der Waals surface area contributed by atoms with Crippen molar-refractivity contribution in [2.45, 2.75) is 44.9 Å². The zero-order chi connectivity index (χ0) is 11.9. The predicted octanol–water partition coefficient (Wildman–Crippen LogP) is 1.26. The number of aliphatic hydroxyl groups excluding tert-OH is 1. The van der Waals surface area contributed by atoms with Crippen molar-refractivity contribution in [2.75, 3.05) is 18.9 Å². The highest BCUT2D eigenvalue weighted by atomic mass is 32.2. The van der Waals surface area contributed by atoms with Crippen LogP contribution in [0.1, 0.15) is 44.9 Å². The largest absolute Gasteiger partial charge is 0.396 e. The molecule has 2 N–H and O–H groups in total. The van der Waals surface area contributed by atoms with Crippen molar-refractivity contribution >= 4 is 10.0 Å². The van der Waals surface area contributed by atoms with E-state index in [9.17, 15) is 8.42 Å². The van der Waals surface area contributed by atoms with E-state index in [1.807, 2.05) is 0 Å². The van der Waals surface area contributed by atoms with E-state index >= 15 is 0 Å². The maximum absolute atomic E-state index is 11.5. The van der Waals surface area contributed by atoms with Crippen LogP contribution in [0.25, 0.3) is 0 Å². The van der Waals surface area contributed by atoms with Crippen molar-refractivity contribution in [3.8, 4) is 0 Å². The third-order valence-corrected chi connectivity index (χ3v) is 4.64.